The number of aryl methyl sites for hydroxylation is 1. The van der Waals surface area contributed by atoms with Crippen molar-refractivity contribution in [2.75, 3.05) is 30.4 Å². The van der Waals surface area contributed by atoms with Gasteiger partial charge in [-0.1, -0.05) is 6.92 Å². The van der Waals surface area contributed by atoms with E-state index in [1.807, 2.05) is 32.0 Å². The SMILES string of the molecule is CCC(=O)Nc1ccc2c(N3CC[C@H](OC)C3)cc(C)nc2c1. The van der Waals surface area contributed by atoms with Gasteiger partial charge in [-0.05, 0) is 37.6 Å². The first-order valence-corrected chi connectivity index (χ1v) is 8.09. The van der Waals surface area contributed by atoms with Gasteiger partial charge < -0.3 is 15.0 Å². The van der Waals surface area contributed by atoms with Gasteiger partial charge >= 0.3 is 0 Å². The predicted octanol–water partition coefficient (Wildman–Crippen LogP) is 3.12. The van der Waals surface area contributed by atoms with Crippen LogP contribution in [0.1, 0.15) is 25.5 Å². The van der Waals surface area contributed by atoms with Gasteiger partial charge in [0.2, 0.25) is 5.91 Å². The number of fused-ring (bicyclic) bond motifs is 1. The number of carbonyl (C=O) groups is 1. The zero-order valence-electron chi connectivity index (χ0n) is 13.9. The third kappa shape index (κ3) is 3.29. The number of anilines is 2. The van der Waals surface area contributed by atoms with Crippen LogP contribution in [0.15, 0.2) is 24.3 Å². The zero-order chi connectivity index (χ0) is 16.4. The third-order valence-electron chi connectivity index (χ3n) is 4.34. The van der Waals surface area contributed by atoms with E-state index in [4.69, 9.17) is 4.74 Å². The second kappa shape index (κ2) is 6.54. The lowest BCUT2D eigenvalue weighted by atomic mass is 10.1. The highest BCUT2D eigenvalue weighted by Gasteiger charge is 2.24. The van der Waals surface area contributed by atoms with Gasteiger partial charge in [0.1, 0.15) is 0 Å². The molecule has 0 radical (unpaired) electrons. The van der Waals surface area contributed by atoms with Crippen molar-refractivity contribution in [3.05, 3.63) is 30.0 Å². The average molecular weight is 313 g/mol. The van der Waals surface area contributed by atoms with Gasteiger partial charge in [0.25, 0.3) is 0 Å². The topological polar surface area (TPSA) is 54.5 Å². The van der Waals surface area contributed by atoms with E-state index in [2.05, 4.69) is 21.3 Å². The molecule has 0 bridgehead atoms. The molecule has 23 heavy (non-hydrogen) atoms. The Kier molecular flexibility index (Phi) is 4.48. The monoisotopic (exact) mass is 313 g/mol. The maximum Gasteiger partial charge on any atom is 0.224 e. The second-order valence-electron chi connectivity index (χ2n) is 6.01. The van der Waals surface area contributed by atoms with E-state index in [-0.39, 0.29) is 5.91 Å². The van der Waals surface area contributed by atoms with Crippen LogP contribution in [0.25, 0.3) is 10.9 Å². The van der Waals surface area contributed by atoms with Gasteiger partial charge in [0.05, 0.1) is 11.6 Å². The third-order valence-corrected chi connectivity index (χ3v) is 4.34. The molecule has 1 aromatic heterocycles. The van der Waals surface area contributed by atoms with Crippen molar-refractivity contribution < 1.29 is 9.53 Å². The summed E-state index contributed by atoms with van der Waals surface area (Å²) in [4.78, 5) is 18.6. The Hall–Kier alpha value is -2.14. The summed E-state index contributed by atoms with van der Waals surface area (Å²) in [6.07, 6.45) is 1.81. The standard InChI is InChI=1S/C18H23N3O2/c1-4-18(22)20-13-5-6-15-16(10-13)19-12(2)9-17(15)21-8-7-14(11-21)23-3/h5-6,9-10,14H,4,7-8,11H2,1-3H3,(H,20,22)/t14-/m0/s1. The number of carbonyl (C=O) groups excluding carboxylic acids is 1. The molecule has 1 amide bonds. The molecule has 1 aliphatic heterocycles. The van der Waals surface area contributed by atoms with Crippen LogP contribution in [-0.4, -0.2) is 37.2 Å². The van der Waals surface area contributed by atoms with Gasteiger partial charge in [-0.3, -0.25) is 9.78 Å². The summed E-state index contributed by atoms with van der Waals surface area (Å²) in [6, 6.07) is 8.07. The number of hydrogen-bond donors (Lipinski definition) is 1. The van der Waals surface area contributed by atoms with Crippen LogP contribution in [0.2, 0.25) is 0 Å². The first-order chi connectivity index (χ1) is 11.1. The Morgan fingerprint density at radius 3 is 2.96 bits per heavy atom. The molecular formula is C18H23N3O2. The lowest BCUT2D eigenvalue weighted by Crippen LogP contribution is -2.22. The molecule has 0 unspecified atom stereocenters. The van der Waals surface area contributed by atoms with Crippen LogP contribution in [-0.2, 0) is 9.53 Å². The normalized spacial score (nSPS) is 17.7. The molecule has 5 nitrogen and oxygen atoms in total. The van der Waals surface area contributed by atoms with E-state index in [9.17, 15) is 4.79 Å². The van der Waals surface area contributed by atoms with Gasteiger partial charge in [-0.15, -0.1) is 0 Å². The minimum Gasteiger partial charge on any atom is -0.380 e. The Balaban J connectivity index is 1.97. The van der Waals surface area contributed by atoms with Crippen LogP contribution >= 0.6 is 0 Å². The predicted molar refractivity (Wildman–Crippen MR) is 93.0 cm³/mol. The first kappa shape index (κ1) is 15.7. The van der Waals surface area contributed by atoms with E-state index in [0.717, 1.165) is 41.8 Å². The van der Waals surface area contributed by atoms with Crippen LogP contribution < -0.4 is 10.2 Å². The summed E-state index contributed by atoms with van der Waals surface area (Å²) in [5, 5.41) is 4.01. The Bertz CT molecular complexity index is 730. The molecule has 1 fully saturated rings. The quantitative estimate of drug-likeness (QED) is 0.942. The van der Waals surface area contributed by atoms with Crippen molar-refractivity contribution in [2.24, 2.45) is 0 Å². The minimum atomic E-state index is 0.0136. The number of aromatic nitrogens is 1. The van der Waals surface area contributed by atoms with Crippen molar-refractivity contribution in [1.29, 1.82) is 0 Å². The summed E-state index contributed by atoms with van der Waals surface area (Å²) in [6.45, 7) is 5.75. The summed E-state index contributed by atoms with van der Waals surface area (Å²) < 4.78 is 5.48. The van der Waals surface area contributed by atoms with Crippen LogP contribution in [0.4, 0.5) is 11.4 Å². The van der Waals surface area contributed by atoms with Crippen molar-refractivity contribution in [2.45, 2.75) is 32.8 Å². The highest BCUT2D eigenvalue weighted by atomic mass is 16.5. The molecule has 1 aliphatic rings. The average Bonchev–Trinajstić information content (AvgIpc) is 3.02. The van der Waals surface area contributed by atoms with E-state index < -0.39 is 0 Å². The molecule has 2 aromatic rings. The van der Waals surface area contributed by atoms with Crippen LogP contribution in [0.5, 0.6) is 0 Å². The smallest absolute Gasteiger partial charge is 0.224 e. The molecule has 0 aliphatic carbocycles. The molecule has 3 rings (SSSR count). The van der Waals surface area contributed by atoms with E-state index >= 15 is 0 Å². The molecule has 1 atom stereocenters. The van der Waals surface area contributed by atoms with E-state index in [0.29, 0.717) is 12.5 Å². The molecule has 0 saturated carbocycles. The Morgan fingerprint density at radius 1 is 1.43 bits per heavy atom. The molecule has 0 spiro atoms. The number of benzene rings is 1. The van der Waals surface area contributed by atoms with Gasteiger partial charge in [0, 0.05) is 49.1 Å². The highest BCUT2D eigenvalue weighted by molar-refractivity contribution is 5.97. The Labute approximate surface area is 136 Å². The van der Waals surface area contributed by atoms with Crippen molar-refractivity contribution >= 4 is 28.2 Å². The van der Waals surface area contributed by atoms with Crippen LogP contribution in [0, 0.1) is 6.92 Å². The number of amides is 1. The fourth-order valence-electron chi connectivity index (χ4n) is 3.07. The fourth-order valence-corrected chi connectivity index (χ4v) is 3.07. The zero-order valence-corrected chi connectivity index (χ0v) is 13.9. The second-order valence-corrected chi connectivity index (χ2v) is 6.01. The molecule has 5 heteroatoms. The maximum absolute atomic E-state index is 11.6. The minimum absolute atomic E-state index is 0.0136. The Morgan fingerprint density at radius 2 is 2.26 bits per heavy atom. The number of rotatable bonds is 4. The van der Waals surface area contributed by atoms with Gasteiger partial charge in [-0.25, -0.2) is 0 Å². The fraction of sp³-hybridized carbons (Fsp3) is 0.444. The number of methoxy groups -OCH3 is 1. The number of nitrogens with one attached hydrogen (secondary N) is 1. The molecule has 2 heterocycles. The van der Waals surface area contributed by atoms with E-state index in [1.165, 1.54) is 5.69 Å². The van der Waals surface area contributed by atoms with Gasteiger partial charge in [0.15, 0.2) is 0 Å². The lowest BCUT2D eigenvalue weighted by Gasteiger charge is -2.21. The van der Waals surface area contributed by atoms with Crippen molar-refractivity contribution in [3.8, 4) is 0 Å². The first-order valence-electron chi connectivity index (χ1n) is 8.09. The summed E-state index contributed by atoms with van der Waals surface area (Å²) in [7, 11) is 1.77. The van der Waals surface area contributed by atoms with Gasteiger partial charge in [-0.2, -0.15) is 0 Å². The number of hydrogen-bond acceptors (Lipinski definition) is 4. The highest BCUT2D eigenvalue weighted by Crippen LogP contribution is 2.31. The molecule has 122 valence electrons. The van der Waals surface area contributed by atoms with Crippen molar-refractivity contribution in [3.63, 3.8) is 0 Å². The molecule has 1 N–H and O–H groups in total. The van der Waals surface area contributed by atoms with E-state index in [1.54, 1.807) is 7.11 Å². The number of ether oxygens (including phenoxy) is 1. The molecule has 1 aromatic carbocycles. The molecule has 1 saturated heterocycles. The number of nitrogens with zero attached hydrogens (tertiary/aromatic N) is 2. The number of pyridine rings is 1. The lowest BCUT2D eigenvalue weighted by molar-refractivity contribution is -0.115. The summed E-state index contributed by atoms with van der Waals surface area (Å²) >= 11 is 0. The van der Waals surface area contributed by atoms with Crippen molar-refractivity contribution in [1.82, 2.24) is 4.98 Å². The summed E-state index contributed by atoms with van der Waals surface area (Å²) in [5.74, 6) is 0.0136. The largest absolute Gasteiger partial charge is 0.380 e. The molecular weight excluding hydrogens is 290 g/mol. The summed E-state index contributed by atoms with van der Waals surface area (Å²) in [5.41, 5.74) is 3.88. The maximum atomic E-state index is 11.6. The van der Waals surface area contributed by atoms with Crippen LogP contribution in [0.3, 0.4) is 0 Å².